The van der Waals surface area contributed by atoms with Crippen LogP contribution in [-0.2, 0) is 19.6 Å². The molecule has 2 aliphatic heterocycles. The van der Waals surface area contributed by atoms with E-state index in [0.717, 1.165) is 43.6 Å². The second-order valence-electron chi connectivity index (χ2n) is 8.85. The van der Waals surface area contributed by atoms with E-state index in [4.69, 9.17) is 16.3 Å². The van der Waals surface area contributed by atoms with Gasteiger partial charge in [-0.3, -0.25) is 4.79 Å². The highest BCUT2D eigenvalue weighted by Crippen LogP contribution is 2.50. The summed E-state index contributed by atoms with van der Waals surface area (Å²) in [4.78, 5) is 15.6. The first-order chi connectivity index (χ1) is 15.9. The molecule has 3 aliphatic rings. The zero-order valence-electron chi connectivity index (χ0n) is 18.4. The van der Waals surface area contributed by atoms with E-state index in [0.29, 0.717) is 37.0 Å². The third-order valence-corrected chi connectivity index (χ3v) is 8.95. The Labute approximate surface area is 199 Å². The lowest BCUT2D eigenvalue weighted by molar-refractivity contribution is -0.117. The molecule has 2 atom stereocenters. The van der Waals surface area contributed by atoms with Crippen molar-refractivity contribution in [3.8, 4) is 0 Å². The van der Waals surface area contributed by atoms with Gasteiger partial charge in [0.05, 0.1) is 29.5 Å². The summed E-state index contributed by atoms with van der Waals surface area (Å²) in [5, 5.41) is 3.73. The molecule has 0 aromatic heterocycles. The molecular weight excluding hydrogens is 462 g/mol. The van der Waals surface area contributed by atoms with Crippen LogP contribution >= 0.6 is 11.6 Å². The summed E-state index contributed by atoms with van der Waals surface area (Å²) < 4.78 is 33.2. The average molecular weight is 490 g/mol. The van der Waals surface area contributed by atoms with E-state index in [1.165, 1.54) is 4.31 Å². The van der Waals surface area contributed by atoms with Gasteiger partial charge in [-0.05, 0) is 55.0 Å². The van der Waals surface area contributed by atoms with Gasteiger partial charge in [0.25, 0.3) is 0 Å². The molecule has 33 heavy (non-hydrogen) atoms. The number of sulfonamides is 1. The van der Waals surface area contributed by atoms with Gasteiger partial charge in [-0.25, -0.2) is 8.42 Å². The predicted octanol–water partition coefficient (Wildman–Crippen LogP) is 3.70. The highest BCUT2D eigenvalue weighted by molar-refractivity contribution is 7.89. The van der Waals surface area contributed by atoms with Crippen molar-refractivity contribution in [3.63, 3.8) is 0 Å². The second kappa shape index (κ2) is 9.25. The Balaban J connectivity index is 1.40. The molecule has 7 nitrogen and oxygen atoms in total. The van der Waals surface area contributed by atoms with Gasteiger partial charge in [0.2, 0.25) is 15.9 Å². The third-order valence-electron chi connectivity index (χ3n) is 6.71. The number of hydrogen-bond donors (Lipinski definition) is 1. The van der Waals surface area contributed by atoms with Crippen LogP contribution < -0.4 is 10.2 Å². The van der Waals surface area contributed by atoms with Gasteiger partial charge in [0.15, 0.2) is 0 Å². The quantitative estimate of drug-likeness (QED) is 0.669. The maximum Gasteiger partial charge on any atom is 0.243 e. The predicted molar refractivity (Wildman–Crippen MR) is 128 cm³/mol. The van der Waals surface area contributed by atoms with Crippen LogP contribution in [0.15, 0.2) is 47.4 Å². The number of carbonyl (C=O) groups excluding carboxylic acids is 1. The molecule has 0 spiro atoms. The molecule has 3 fully saturated rings. The van der Waals surface area contributed by atoms with Gasteiger partial charge >= 0.3 is 0 Å². The van der Waals surface area contributed by atoms with Crippen LogP contribution in [0.5, 0.6) is 0 Å². The summed E-state index contributed by atoms with van der Waals surface area (Å²) in [6.07, 6.45) is 2.90. The maximum absolute atomic E-state index is 13.2. The van der Waals surface area contributed by atoms with E-state index < -0.39 is 10.0 Å². The number of ether oxygens (including phenoxy) is 1. The number of nitrogens with zero attached hydrogens (tertiary/aromatic N) is 2. The number of carbonyl (C=O) groups is 1. The zero-order valence-corrected chi connectivity index (χ0v) is 19.9. The molecular formula is C24H28ClN3O4S. The van der Waals surface area contributed by atoms with Crippen LogP contribution in [0.1, 0.15) is 30.7 Å². The van der Waals surface area contributed by atoms with E-state index in [-0.39, 0.29) is 22.6 Å². The lowest BCUT2D eigenvalue weighted by atomic mass is 10.1. The standard InChI is InChI=1S/C24H28ClN3O4S/c25-21-6-2-1-5-18(21)19-16-20(19)24(29)26-22-15-17(7-8-23(22)27-9-3-4-10-27)33(30,31)28-11-13-32-14-12-28/h1-2,5-8,15,19-20H,3-4,9-14,16H2,(H,26,29). The number of hydrogen-bond acceptors (Lipinski definition) is 5. The minimum Gasteiger partial charge on any atom is -0.379 e. The van der Waals surface area contributed by atoms with Crippen molar-refractivity contribution in [3.05, 3.63) is 53.1 Å². The number of anilines is 2. The summed E-state index contributed by atoms with van der Waals surface area (Å²) in [7, 11) is -3.66. The molecule has 0 radical (unpaired) electrons. The summed E-state index contributed by atoms with van der Waals surface area (Å²) in [6.45, 7) is 3.23. The van der Waals surface area contributed by atoms with Gasteiger partial charge in [-0.1, -0.05) is 29.8 Å². The third kappa shape index (κ3) is 4.62. The summed E-state index contributed by atoms with van der Waals surface area (Å²) in [5.74, 6) is -0.175. The molecule has 9 heteroatoms. The fraction of sp³-hybridized carbons (Fsp3) is 0.458. The van der Waals surface area contributed by atoms with Crippen molar-refractivity contribution in [2.45, 2.75) is 30.1 Å². The number of benzene rings is 2. The Morgan fingerprint density at radius 1 is 1.03 bits per heavy atom. The Morgan fingerprint density at radius 2 is 1.76 bits per heavy atom. The molecule has 5 rings (SSSR count). The summed E-state index contributed by atoms with van der Waals surface area (Å²) >= 11 is 6.33. The fourth-order valence-corrected chi connectivity index (χ4v) is 6.49. The molecule has 1 saturated carbocycles. The van der Waals surface area contributed by atoms with Crippen LogP contribution in [0.2, 0.25) is 5.02 Å². The van der Waals surface area contributed by atoms with Crippen LogP contribution in [0.25, 0.3) is 0 Å². The van der Waals surface area contributed by atoms with Crippen molar-refractivity contribution in [2.75, 3.05) is 49.6 Å². The first-order valence-electron chi connectivity index (χ1n) is 11.5. The Bertz CT molecular complexity index is 1140. The SMILES string of the molecule is O=C(Nc1cc(S(=O)(=O)N2CCOCC2)ccc1N1CCCC1)C1CC1c1ccccc1Cl. The molecule has 0 bridgehead atoms. The smallest absolute Gasteiger partial charge is 0.243 e. The van der Waals surface area contributed by atoms with Crippen LogP contribution in [0.4, 0.5) is 11.4 Å². The van der Waals surface area contributed by atoms with Crippen molar-refractivity contribution >= 4 is 38.9 Å². The zero-order chi connectivity index (χ0) is 23.0. The van der Waals surface area contributed by atoms with E-state index in [9.17, 15) is 13.2 Å². The Morgan fingerprint density at radius 3 is 2.48 bits per heavy atom. The fourth-order valence-electron chi connectivity index (χ4n) is 4.78. The maximum atomic E-state index is 13.2. The number of nitrogens with one attached hydrogen (secondary N) is 1. The number of halogens is 1. The van der Waals surface area contributed by atoms with Gasteiger partial charge in [0, 0.05) is 37.1 Å². The lowest BCUT2D eigenvalue weighted by Crippen LogP contribution is -2.40. The minimum atomic E-state index is -3.66. The molecule has 2 aromatic carbocycles. The van der Waals surface area contributed by atoms with Crippen LogP contribution in [-0.4, -0.2) is 58.0 Å². The van der Waals surface area contributed by atoms with Gasteiger partial charge < -0.3 is 15.0 Å². The van der Waals surface area contributed by atoms with Crippen LogP contribution in [0, 0.1) is 5.92 Å². The van der Waals surface area contributed by atoms with Crippen molar-refractivity contribution in [1.82, 2.24) is 4.31 Å². The molecule has 1 N–H and O–H groups in total. The minimum absolute atomic E-state index is 0.0919. The number of morpholine rings is 1. The Kier molecular flexibility index (Phi) is 6.35. The first-order valence-corrected chi connectivity index (χ1v) is 13.3. The van der Waals surface area contributed by atoms with E-state index in [2.05, 4.69) is 10.2 Å². The van der Waals surface area contributed by atoms with Crippen LogP contribution in [0.3, 0.4) is 0 Å². The topological polar surface area (TPSA) is 79.0 Å². The van der Waals surface area contributed by atoms with Gasteiger partial charge in [0.1, 0.15) is 0 Å². The number of rotatable bonds is 6. The molecule has 176 valence electrons. The lowest BCUT2D eigenvalue weighted by Gasteiger charge is -2.27. The number of amides is 1. The highest BCUT2D eigenvalue weighted by Gasteiger charge is 2.45. The van der Waals surface area contributed by atoms with E-state index in [1.807, 2.05) is 30.3 Å². The molecule has 2 heterocycles. The monoisotopic (exact) mass is 489 g/mol. The summed E-state index contributed by atoms with van der Waals surface area (Å²) in [5.41, 5.74) is 2.42. The van der Waals surface area contributed by atoms with Crippen molar-refractivity contribution < 1.29 is 17.9 Å². The second-order valence-corrected chi connectivity index (χ2v) is 11.2. The largest absolute Gasteiger partial charge is 0.379 e. The van der Waals surface area contributed by atoms with Gasteiger partial charge in [-0.2, -0.15) is 4.31 Å². The highest BCUT2D eigenvalue weighted by atomic mass is 35.5. The Hall–Kier alpha value is -2.13. The molecule has 2 aromatic rings. The van der Waals surface area contributed by atoms with Gasteiger partial charge in [-0.15, -0.1) is 0 Å². The molecule has 2 unspecified atom stereocenters. The van der Waals surface area contributed by atoms with Crippen molar-refractivity contribution in [1.29, 1.82) is 0 Å². The molecule has 1 aliphatic carbocycles. The van der Waals surface area contributed by atoms with E-state index in [1.54, 1.807) is 12.1 Å². The normalized spacial score (nSPS) is 23.5. The van der Waals surface area contributed by atoms with E-state index >= 15 is 0 Å². The average Bonchev–Trinajstić information content (AvgIpc) is 3.44. The summed E-state index contributed by atoms with van der Waals surface area (Å²) in [6, 6.07) is 12.7. The van der Waals surface area contributed by atoms with Crippen molar-refractivity contribution in [2.24, 2.45) is 5.92 Å². The molecule has 2 saturated heterocycles. The molecule has 1 amide bonds. The first kappa shape index (κ1) is 22.7.